The van der Waals surface area contributed by atoms with Crippen LogP contribution >= 0.6 is 0 Å². The topological polar surface area (TPSA) is 35.2 Å². The Morgan fingerprint density at radius 1 is 1.05 bits per heavy atom. The summed E-state index contributed by atoms with van der Waals surface area (Å²) in [7, 11) is 1.72. The smallest absolute Gasteiger partial charge is 0.122 e. The van der Waals surface area contributed by atoms with Crippen LogP contribution in [0.2, 0.25) is 0 Å². The van der Waals surface area contributed by atoms with E-state index in [1.807, 2.05) is 0 Å². The van der Waals surface area contributed by atoms with Crippen molar-refractivity contribution < 1.29 is 4.74 Å². The van der Waals surface area contributed by atoms with Crippen molar-refractivity contribution in [3.8, 4) is 5.75 Å². The van der Waals surface area contributed by atoms with Crippen molar-refractivity contribution in [3.05, 3.63) is 64.2 Å². The van der Waals surface area contributed by atoms with Crippen LogP contribution in [-0.2, 0) is 12.8 Å². The maximum atomic E-state index is 6.60. The van der Waals surface area contributed by atoms with E-state index in [2.05, 4.69) is 50.2 Å². The van der Waals surface area contributed by atoms with Crippen molar-refractivity contribution in [2.24, 2.45) is 11.7 Å². The Kier molecular flexibility index (Phi) is 3.73. The van der Waals surface area contributed by atoms with Crippen LogP contribution in [0.1, 0.15) is 33.9 Å². The quantitative estimate of drug-likeness (QED) is 0.930. The Morgan fingerprint density at radius 3 is 2.24 bits per heavy atom. The highest BCUT2D eigenvalue weighted by Gasteiger charge is 2.28. The van der Waals surface area contributed by atoms with Gasteiger partial charge in [-0.1, -0.05) is 30.3 Å². The van der Waals surface area contributed by atoms with Gasteiger partial charge >= 0.3 is 0 Å². The summed E-state index contributed by atoms with van der Waals surface area (Å²) >= 11 is 0. The minimum absolute atomic E-state index is 0.0852. The Balaban J connectivity index is 1.87. The van der Waals surface area contributed by atoms with E-state index in [0.29, 0.717) is 5.92 Å². The van der Waals surface area contributed by atoms with Crippen LogP contribution in [-0.4, -0.2) is 7.11 Å². The maximum Gasteiger partial charge on any atom is 0.122 e. The molecule has 2 N–H and O–H groups in total. The summed E-state index contributed by atoms with van der Waals surface area (Å²) in [6.07, 6.45) is 2.17. The first-order chi connectivity index (χ1) is 10.1. The van der Waals surface area contributed by atoms with Crippen molar-refractivity contribution in [1.82, 2.24) is 0 Å². The van der Waals surface area contributed by atoms with E-state index in [4.69, 9.17) is 10.5 Å². The second-order valence-corrected chi connectivity index (χ2v) is 6.14. The van der Waals surface area contributed by atoms with Gasteiger partial charge in [-0.15, -0.1) is 0 Å². The van der Waals surface area contributed by atoms with Crippen molar-refractivity contribution in [2.45, 2.75) is 32.7 Å². The molecule has 0 spiro atoms. The second-order valence-electron chi connectivity index (χ2n) is 6.14. The number of hydrogen-bond donors (Lipinski definition) is 1. The molecule has 3 rings (SSSR count). The van der Waals surface area contributed by atoms with E-state index in [1.54, 1.807) is 7.11 Å². The summed E-state index contributed by atoms with van der Waals surface area (Å²) in [4.78, 5) is 0. The van der Waals surface area contributed by atoms with Gasteiger partial charge in [0.1, 0.15) is 5.75 Å². The molecule has 0 saturated carbocycles. The highest BCUT2D eigenvalue weighted by atomic mass is 16.5. The van der Waals surface area contributed by atoms with Crippen molar-refractivity contribution in [1.29, 1.82) is 0 Å². The van der Waals surface area contributed by atoms with Gasteiger partial charge in [-0.25, -0.2) is 0 Å². The molecular formula is C19H23NO. The minimum atomic E-state index is 0.0852. The molecule has 21 heavy (non-hydrogen) atoms. The lowest BCUT2D eigenvalue weighted by Crippen LogP contribution is -2.23. The molecule has 0 amide bonds. The summed E-state index contributed by atoms with van der Waals surface area (Å²) in [5.74, 6) is 1.44. The number of methoxy groups -OCH3 is 1. The summed E-state index contributed by atoms with van der Waals surface area (Å²) in [6, 6.07) is 13.1. The molecular weight excluding hydrogens is 258 g/mol. The van der Waals surface area contributed by atoms with E-state index < -0.39 is 0 Å². The molecule has 0 fully saturated rings. The zero-order valence-electron chi connectivity index (χ0n) is 13.0. The molecule has 0 bridgehead atoms. The van der Waals surface area contributed by atoms with Crippen LogP contribution in [0.15, 0.2) is 36.4 Å². The highest BCUT2D eigenvalue weighted by Crippen LogP contribution is 2.36. The lowest BCUT2D eigenvalue weighted by molar-refractivity contribution is 0.409. The molecule has 1 aliphatic carbocycles. The number of rotatable bonds is 3. The lowest BCUT2D eigenvalue weighted by atomic mass is 9.88. The largest absolute Gasteiger partial charge is 0.496 e. The monoisotopic (exact) mass is 281 g/mol. The van der Waals surface area contributed by atoms with Crippen LogP contribution in [0.3, 0.4) is 0 Å². The van der Waals surface area contributed by atoms with Gasteiger partial charge in [0.05, 0.1) is 7.11 Å². The molecule has 2 nitrogen and oxygen atoms in total. The zero-order valence-corrected chi connectivity index (χ0v) is 13.0. The van der Waals surface area contributed by atoms with E-state index in [9.17, 15) is 0 Å². The van der Waals surface area contributed by atoms with Crippen LogP contribution in [0.5, 0.6) is 5.75 Å². The van der Waals surface area contributed by atoms with Gasteiger partial charge in [-0.05, 0) is 66.5 Å². The Morgan fingerprint density at radius 2 is 1.67 bits per heavy atom. The molecule has 0 saturated heterocycles. The molecule has 1 atom stereocenters. The standard InChI is InChI=1S/C19H23NO/c1-12-9-18(21-3)13(2)8-17(12)19(20)16-10-14-6-4-5-7-15(14)11-16/h4-9,16,19H,10-11,20H2,1-3H3. The van der Waals surface area contributed by atoms with Gasteiger partial charge in [0.25, 0.3) is 0 Å². The molecule has 2 aromatic rings. The number of benzene rings is 2. The molecule has 2 aromatic carbocycles. The number of fused-ring (bicyclic) bond motifs is 1. The van der Waals surface area contributed by atoms with Crippen LogP contribution in [0.4, 0.5) is 0 Å². The first-order valence-electron chi connectivity index (χ1n) is 7.57. The molecule has 110 valence electrons. The van der Waals surface area contributed by atoms with E-state index >= 15 is 0 Å². The van der Waals surface area contributed by atoms with Gasteiger partial charge in [0, 0.05) is 6.04 Å². The number of aryl methyl sites for hydroxylation is 2. The third-order valence-corrected chi connectivity index (χ3v) is 4.73. The fourth-order valence-electron chi connectivity index (χ4n) is 3.49. The zero-order chi connectivity index (χ0) is 15.0. The maximum absolute atomic E-state index is 6.60. The van der Waals surface area contributed by atoms with Gasteiger partial charge < -0.3 is 10.5 Å². The Bertz CT molecular complexity index is 638. The number of ether oxygens (including phenoxy) is 1. The van der Waals surface area contributed by atoms with Crippen LogP contribution < -0.4 is 10.5 Å². The summed E-state index contributed by atoms with van der Waals surface area (Å²) in [5, 5.41) is 0. The number of hydrogen-bond acceptors (Lipinski definition) is 2. The van der Waals surface area contributed by atoms with Crippen molar-refractivity contribution in [3.63, 3.8) is 0 Å². The first kappa shape index (κ1) is 14.2. The molecule has 1 unspecified atom stereocenters. The fourth-order valence-corrected chi connectivity index (χ4v) is 3.49. The average Bonchev–Trinajstić information content (AvgIpc) is 2.92. The molecule has 0 aromatic heterocycles. The predicted molar refractivity (Wildman–Crippen MR) is 86.7 cm³/mol. The van der Waals surface area contributed by atoms with Gasteiger partial charge in [0.15, 0.2) is 0 Å². The third kappa shape index (κ3) is 2.56. The van der Waals surface area contributed by atoms with E-state index in [1.165, 1.54) is 22.3 Å². The molecule has 2 heteroatoms. The SMILES string of the molecule is COc1cc(C)c(C(N)C2Cc3ccccc3C2)cc1C. The van der Waals surface area contributed by atoms with Crippen LogP contribution in [0.25, 0.3) is 0 Å². The van der Waals surface area contributed by atoms with Gasteiger partial charge in [-0.2, -0.15) is 0 Å². The van der Waals surface area contributed by atoms with Crippen LogP contribution in [0, 0.1) is 19.8 Å². The minimum Gasteiger partial charge on any atom is -0.496 e. The van der Waals surface area contributed by atoms with E-state index in [-0.39, 0.29) is 6.04 Å². The summed E-state index contributed by atoms with van der Waals surface area (Å²) in [6.45, 7) is 4.21. The van der Waals surface area contributed by atoms with Crippen molar-refractivity contribution in [2.75, 3.05) is 7.11 Å². The molecule has 0 aliphatic heterocycles. The fraction of sp³-hybridized carbons (Fsp3) is 0.368. The van der Waals surface area contributed by atoms with Gasteiger partial charge in [0.2, 0.25) is 0 Å². The van der Waals surface area contributed by atoms with Crippen molar-refractivity contribution >= 4 is 0 Å². The lowest BCUT2D eigenvalue weighted by Gasteiger charge is -2.22. The first-order valence-corrected chi connectivity index (χ1v) is 7.57. The third-order valence-electron chi connectivity index (χ3n) is 4.73. The highest BCUT2D eigenvalue weighted by molar-refractivity contribution is 5.44. The summed E-state index contributed by atoms with van der Waals surface area (Å²) in [5.41, 5.74) is 13.2. The predicted octanol–water partition coefficient (Wildman–Crippen LogP) is 3.73. The molecule has 1 aliphatic rings. The molecule has 0 radical (unpaired) electrons. The molecule has 0 heterocycles. The normalized spacial score (nSPS) is 15.8. The van der Waals surface area contributed by atoms with Gasteiger partial charge in [-0.3, -0.25) is 0 Å². The average molecular weight is 281 g/mol. The Labute approximate surface area is 126 Å². The number of nitrogens with two attached hydrogens (primary N) is 1. The van der Waals surface area contributed by atoms with E-state index in [0.717, 1.165) is 24.2 Å². The second kappa shape index (κ2) is 5.53. The Hall–Kier alpha value is -1.80. The summed E-state index contributed by atoms with van der Waals surface area (Å²) < 4.78 is 5.40.